The van der Waals surface area contributed by atoms with E-state index < -0.39 is 0 Å². The number of unbranched alkanes of at least 4 members (excludes halogenated alkanes) is 1. The van der Waals surface area contributed by atoms with E-state index in [1.54, 1.807) is 18.4 Å². The Labute approximate surface area is 172 Å². The Kier molecular flexibility index (Phi) is 6.76. The quantitative estimate of drug-likeness (QED) is 0.368. The number of halogens is 1. The van der Waals surface area contributed by atoms with E-state index in [1.165, 1.54) is 4.68 Å². The molecule has 5 nitrogen and oxygen atoms in total. The lowest BCUT2D eigenvalue weighted by atomic mass is 10.2. The van der Waals surface area contributed by atoms with Crippen molar-refractivity contribution in [2.75, 3.05) is 6.61 Å². The highest BCUT2D eigenvalue weighted by atomic mass is 79.9. The van der Waals surface area contributed by atoms with Crippen LogP contribution in [0.15, 0.2) is 69.5 Å². The molecule has 0 aliphatic carbocycles. The summed E-state index contributed by atoms with van der Waals surface area (Å²) in [6.07, 6.45) is 6.00. The summed E-state index contributed by atoms with van der Waals surface area (Å²) in [7, 11) is 0. The fraction of sp³-hybridized carbons (Fsp3) is 0.227. The molecule has 3 aromatic rings. The van der Waals surface area contributed by atoms with E-state index in [1.807, 2.05) is 36.4 Å². The van der Waals surface area contributed by atoms with Crippen molar-refractivity contribution < 1.29 is 4.74 Å². The molecule has 6 heteroatoms. The summed E-state index contributed by atoms with van der Waals surface area (Å²) in [5.41, 5.74) is 1.35. The second-order valence-electron chi connectivity index (χ2n) is 6.33. The van der Waals surface area contributed by atoms with Gasteiger partial charge in [-0.1, -0.05) is 54.1 Å². The van der Waals surface area contributed by atoms with Crippen LogP contribution in [0.5, 0.6) is 5.75 Å². The third-order valence-electron chi connectivity index (χ3n) is 4.18. The molecule has 28 heavy (non-hydrogen) atoms. The van der Waals surface area contributed by atoms with Gasteiger partial charge in [0.05, 0.1) is 17.1 Å². The molecule has 0 amide bonds. The Bertz CT molecular complexity index is 1070. The predicted octanol–water partition coefficient (Wildman–Crippen LogP) is 4.95. The number of ether oxygens (including phenoxy) is 1. The number of benzene rings is 2. The van der Waals surface area contributed by atoms with Gasteiger partial charge in [-0.15, -0.1) is 0 Å². The van der Waals surface area contributed by atoms with Crippen molar-refractivity contribution in [2.24, 2.45) is 5.10 Å². The van der Waals surface area contributed by atoms with E-state index in [9.17, 15) is 4.79 Å². The first-order chi connectivity index (χ1) is 13.6. The molecule has 0 saturated heterocycles. The van der Waals surface area contributed by atoms with Crippen molar-refractivity contribution in [3.05, 3.63) is 81.3 Å². The number of hydrogen-bond acceptors (Lipinski definition) is 4. The van der Waals surface area contributed by atoms with E-state index in [-0.39, 0.29) is 5.56 Å². The normalized spacial score (nSPS) is 11.2. The van der Waals surface area contributed by atoms with Crippen LogP contribution in [-0.4, -0.2) is 22.5 Å². The summed E-state index contributed by atoms with van der Waals surface area (Å²) in [5, 5.41) is 4.99. The molecule has 1 aromatic heterocycles. The minimum atomic E-state index is -0.173. The van der Waals surface area contributed by atoms with Crippen molar-refractivity contribution in [3.8, 4) is 5.75 Å². The van der Waals surface area contributed by atoms with Gasteiger partial charge in [0, 0.05) is 10.9 Å². The van der Waals surface area contributed by atoms with Gasteiger partial charge in [0.25, 0.3) is 5.56 Å². The molecule has 1 heterocycles. The second kappa shape index (κ2) is 9.46. The molecule has 0 atom stereocenters. The van der Waals surface area contributed by atoms with Crippen LogP contribution < -0.4 is 10.3 Å². The fourth-order valence-corrected chi connectivity index (χ4v) is 3.14. The van der Waals surface area contributed by atoms with Crippen molar-refractivity contribution in [1.29, 1.82) is 0 Å². The van der Waals surface area contributed by atoms with Gasteiger partial charge in [-0.3, -0.25) is 4.79 Å². The number of aryl methyl sites for hydroxylation is 1. The van der Waals surface area contributed by atoms with Gasteiger partial charge in [-0.05, 0) is 42.3 Å². The van der Waals surface area contributed by atoms with E-state index >= 15 is 0 Å². The zero-order valence-electron chi connectivity index (χ0n) is 15.8. The molecule has 0 N–H and O–H groups in total. The molecule has 0 bridgehead atoms. The molecule has 0 aliphatic rings. The van der Waals surface area contributed by atoms with Crippen molar-refractivity contribution in [3.63, 3.8) is 0 Å². The van der Waals surface area contributed by atoms with Crippen LogP contribution in [0, 0.1) is 0 Å². The summed E-state index contributed by atoms with van der Waals surface area (Å²) < 4.78 is 7.79. The standard InChI is InChI=1S/C22H22BrN3O2/c1-3-5-9-21-25-20-11-10-17(23)14-19(20)22(27)26(21)24-15-16-7-6-8-18(13-16)28-12-4-2/h4,6-8,10-11,13-15H,2-3,5,9,12H2,1H3. The Balaban J connectivity index is 2.03. The molecule has 2 aromatic carbocycles. The molecule has 3 rings (SSSR count). The van der Waals surface area contributed by atoms with Crippen LogP contribution >= 0.6 is 15.9 Å². The molecule has 0 aliphatic heterocycles. The predicted molar refractivity (Wildman–Crippen MR) is 117 cm³/mol. The Morgan fingerprint density at radius 3 is 2.93 bits per heavy atom. The number of hydrogen-bond donors (Lipinski definition) is 0. The first-order valence-corrected chi connectivity index (χ1v) is 10.0. The third kappa shape index (κ3) is 4.75. The van der Waals surface area contributed by atoms with E-state index in [0.29, 0.717) is 29.8 Å². The maximum absolute atomic E-state index is 13.0. The maximum atomic E-state index is 13.0. The third-order valence-corrected chi connectivity index (χ3v) is 4.67. The van der Waals surface area contributed by atoms with Gasteiger partial charge < -0.3 is 4.74 Å². The monoisotopic (exact) mass is 439 g/mol. The topological polar surface area (TPSA) is 56.5 Å². The molecule has 144 valence electrons. The minimum Gasteiger partial charge on any atom is -0.490 e. The van der Waals surface area contributed by atoms with Crippen LogP contribution in [0.25, 0.3) is 10.9 Å². The molecule has 0 spiro atoms. The lowest BCUT2D eigenvalue weighted by Gasteiger charge is -2.09. The highest BCUT2D eigenvalue weighted by molar-refractivity contribution is 9.10. The number of rotatable bonds is 8. The molecule has 0 radical (unpaired) electrons. The molecule has 0 fully saturated rings. The van der Waals surface area contributed by atoms with E-state index in [0.717, 1.165) is 28.6 Å². The molecule has 0 unspecified atom stereocenters. The second-order valence-corrected chi connectivity index (χ2v) is 7.24. The van der Waals surface area contributed by atoms with Gasteiger partial charge in [0.1, 0.15) is 18.2 Å². The largest absolute Gasteiger partial charge is 0.490 e. The van der Waals surface area contributed by atoms with Crippen LogP contribution in [0.1, 0.15) is 31.2 Å². The number of fused-ring (bicyclic) bond motifs is 1. The average molecular weight is 440 g/mol. The number of nitrogens with zero attached hydrogens (tertiary/aromatic N) is 3. The van der Waals surface area contributed by atoms with Crippen molar-refractivity contribution in [2.45, 2.75) is 26.2 Å². The molecular formula is C22H22BrN3O2. The van der Waals surface area contributed by atoms with Gasteiger partial charge >= 0.3 is 0 Å². The van der Waals surface area contributed by atoms with Crippen molar-refractivity contribution in [1.82, 2.24) is 9.66 Å². The number of aromatic nitrogens is 2. The van der Waals surface area contributed by atoms with Crippen LogP contribution in [0.2, 0.25) is 0 Å². The summed E-state index contributed by atoms with van der Waals surface area (Å²) in [5.74, 6) is 1.39. The Morgan fingerprint density at radius 2 is 2.14 bits per heavy atom. The summed E-state index contributed by atoms with van der Waals surface area (Å²) in [4.78, 5) is 17.7. The summed E-state index contributed by atoms with van der Waals surface area (Å²) in [6.45, 7) is 6.19. The van der Waals surface area contributed by atoms with E-state index in [4.69, 9.17) is 4.74 Å². The van der Waals surface area contributed by atoms with Crippen molar-refractivity contribution >= 4 is 33.0 Å². The van der Waals surface area contributed by atoms with E-state index in [2.05, 4.69) is 39.5 Å². The minimum absolute atomic E-state index is 0.173. The Hall–Kier alpha value is -2.73. The zero-order chi connectivity index (χ0) is 19.9. The summed E-state index contributed by atoms with van der Waals surface area (Å²) in [6, 6.07) is 13.1. The maximum Gasteiger partial charge on any atom is 0.282 e. The lowest BCUT2D eigenvalue weighted by molar-refractivity contribution is 0.363. The van der Waals surface area contributed by atoms with Crippen LogP contribution in [0.4, 0.5) is 0 Å². The fourth-order valence-electron chi connectivity index (χ4n) is 2.77. The molecular weight excluding hydrogens is 418 g/mol. The average Bonchev–Trinajstić information content (AvgIpc) is 2.71. The highest BCUT2D eigenvalue weighted by Gasteiger charge is 2.10. The van der Waals surface area contributed by atoms with Gasteiger partial charge in [0.2, 0.25) is 0 Å². The Morgan fingerprint density at radius 1 is 1.29 bits per heavy atom. The highest BCUT2D eigenvalue weighted by Crippen LogP contribution is 2.17. The first kappa shape index (κ1) is 20.0. The van der Waals surface area contributed by atoms with Crippen LogP contribution in [-0.2, 0) is 6.42 Å². The zero-order valence-corrected chi connectivity index (χ0v) is 17.4. The first-order valence-electron chi connectivity index (χ1n) is 9.21. The molecule has 0 saturated carbocycles. The summed E-state index contributed by atoms with van der Waals surface area (Å²) >= 11 is 3.42. The van der Waals surface area contributed by atoms with Gasteiger partial charge in [-0.2, -0.15) is 9.78 Å². The van der Waals surface area contributed by atoms with Gasteiger partial charge in [-0.25, -0.2) is 4.98 Å². The smallest absolute Gasteiger partial charge is 0.282 e. The SMILES string of the molecule is C=CCOc1cccc(C=Nn2c(CCCC)nc3ccc(Br)cc3c2=O)c1. The lowest BCUT2D eigenvalue weighted by Crippen LogP contribution is -2.22. The van der Waals surface area contributed by atoms with Gasteiger partial charge in [0.15, 0.2) is 0 Å². The van der Waals surface area contributed by atoms with Crippen LogP contribution in [0.3, 0.4) is 0 Å².